The predicted molar refractivity (Wildman–Crippen MR) is 343 cm³/mol. The van der Waals surface area contributed by atoms with Crippen molar-refractivity contribution >= 4 is 17.9 Å². The van der Waals surface area contributed by atoms with Crippen LogP contribution in [0.25, 0.3) is 0 Å². The average Bonchev–Trinajstić information content (AvgIpc) is 3.45. The van der Waals surface area contributed by atoms with Crippen molar-refractivity contribution in [3.8, 4) is 0 Å². The van der Waals surface area contributed by atoms with Crippen LogP contribution < -0.4 is 0 Å². The smallest absolute Gasteiger partial charge is 0.306 e. The molecule has 448 valence electrons. The largest absolute Gasteiger partial charge is 0.462 e. The monoisotopic (exact) mass is 1090 g/mol. The van der Waals surface area contributed by atoms with Gasteiger partial charge in [0.2, 0.25) is 0 Å². The van der Waals surface area contributed by atoms with Crippen LogP contribution in [0.5, 0.6) is 0 Å². The van der Waals surface area contributed by atoms with E-state index in [0.717, 1.165) is 141 Å². The maximum Gasteiger partial charge on any atom is 0.306 e. The molecule has 0 N–H and O–H groups in total. The second-order valence-corrected chi connectivity index (χ2v) is 21.2. The SMILES string of the molecule is CC/C=C\C/C=C\C/C=C\C/C=C\C/C=C\CCCCCCCCCCCCCCCCCCCCCC(=O)OCC(COC(=O)CCCCC/C=C\C/C=C\C/C=C\CC)OC(=O)CCCCC/C=C\C/C=C\C/C=C\CC. The number of ether oxygens (including phenoxy) is 3. The minimum atomic E-state index is -0.807. The molecule has 0 aliphatic carbocycles. The molecule has 1 atom stereocenters. The van der Waals surface area contributed by atoms with Crippen molar-refractivity contribution in [3.05, 3.63) is 134 Å². The molecule has 79 heavy (non-hydrogen) atoms. The normalized spacial score (nSPS) is 13.0. The zero-order chi connectivity index (χ0) is 57.1. The summed E-state index contributed by atoms with van der Waals surface area (Å²) >= 11 is 0. The Bertz CT molecular complexity index is 1680. The number of hydrogen-bond acceptors (Lipinski definition) is 6. The highest BCUT2D eigenvalue weighted by atomic mass is 16.6. The van der Waals surface area contributed by atoms with Gasteiger partial charge in [-0.25, -0.2) is 0 Å². The van der Waals surface area contributed by atoms with Crippen LogP contribution in [-0.4, -0.2) is 37.2 Å². The van der Waals surface area contributed by atoms with Crippen LogP contribution in [0.1, 0.15) is 290 Å². The van der Waals surface area contributed by atoms with Crippen molar-refractivity contribution in [1.82, 2.24) is 0 Å². The molecule has 6 nitrogen and oxygen atoms in total. The van der Waals surface area contributed by atoms with Crippen LogP contribution >= 0.6 is 0 Å². The van der Waals surface area contributed by atoms with E-state index < -0.39 is 6.10 Å². The van der Waals surface area contributed by atoms with Gasteiger partial charge >= 0.3 is 17.9 Å². The summed E-state index contributed by atoms with van der Waals surface area (Å²) in [5, 5.41) is 0. The first kappa shape index (κ1) is 74.5. The first-order chi connectivity index (χ1) is 39.0. The molecule has 0 aromatic rings. The number of unbranched alkanes of at least 4 members (excludes halogenated alkanes) is 25. The van der Waals surface area contributed by atoms with Crippen LogP contribution in [0.15, 0.2) is 134 Å². The Morgan fingerprint density at radius 3 is 0.722 bits per heavy atom. The van der Waals surface area contributed by atoms with Gasteiger partial charge in [0.25, 0.3) is 0 Å². The molecule has 0 amide bonds. The summed E-state index contributed by atoms with van der Waals surface area (Å²) < 4.78 is 16.8. The van der Waals surface area contributed by atoms with Crippen molar-refractivity contribution in [2.75, 3.05) is 13.2 Å². The summed E-state index contributed by atoms with van der Waals surface area (Å²) in [6.07, 6.45) is 93.5. The molecule has 0 aliphatic heterocycles. The number of esters is 3. The maximum atomic E-state index is 12.8. The Kier molecular flexibility index (Phi) is 62.3. The maximum absolute atomic E-state index is 12.8. The molecule has 0 aromatic carbocycles. The fourth-order valence-corrected chi connectivity index (χ4v) is 8.85. The highest BCUT2D eigenvalue weighted by Crippen LogP contribution is 2.16. The van der Waals surface area contributed by atoms with Gasteiger partial charge in [0.15, 0.2) is 6.10 Å². The quantitative estimate of drug-likeness (QED) is 0.0261. The molecular formula is C73H120O6. The second kappa shape index (κ2) is 66.1. The van der Waals surface area contributed by atoms with Gasteiger partial charge in [0.1, 0.15) is 13.2 Å². The average molecular weight is 1090 g/mol. The molecule has 0 fully saturated rings. The molecule has 0 rings (SSSR count). The number of carbonyl (C=O) groups excluding carboxylic acids is 3. The van der Waals surface area contributed by atoms with Crippen LogP contribution in [0.4, 0.5) is 0 Å². The number of allylic oxidation sites excluding steroid dienone is 22. The first-order valence-electron chi connectivity index (χ1n) is 32.7. The van der Waals surface area contributed by atoms with Gasteiger partial charge < -0.3 is 14.2 Å². The van der Waals surface area contributed by atoms with Crippen LogP contribution in [0.2, 0.25) is 0 Å². The van der Waals surface area contributed by atoms with Crippen molar-refractivity contribution in [3.63, 3.8) is 0 Å². The van der Waals surface area contributed by atoms with Gasteiger partial charge in [-0.15, -0.1) is 0 Å². The van der Waals surface area contributed by atoms with Crippen molar-refractivity contribution < 1.29 is 28.6 Å². The zero-order valence-electron chi connectivity index (χ0n) is 51.3. The van der Waals surface area contributed by atoms with Crippen LogP contribution in [0, 0.1) is 0 Å². The Morgan fingerprint density at radius 1 is 0.253 bits per heavy atom. The molecule has 6 heteroatoms. The van der Waals surface area contributed by atoms with Gasteiger partial charge in [-0.2, -0.15) is 0 Å². The van der Waals surface area contributed by atoms with E-state index in [4.69, 9.17) is 14.2 Å². The number of rotatable bonds is 58. The van der Waals surface area contributed by atoms with Gasteiger partial charge in [-0.1, -0.05) is 276 Å². The highest BCUT2D eigenvalue weighted by Gasteiger charge is 2.19. The molecule has 0 saturated heterocycles. The van der Waals surface area contributed by atoms with E-state index in [0.29, 0.717) is 12.8 Å². The summed E-state index contributed by atoms with van der Waals surface area (Å²) in [6.45, 7) is 6.25. The molecule has 0 heterocycles. The van der Waals surface area contributed by atoms with E-state index in [9.17, 15) is 14.4 Å². The van der Waals surface area contributed by atoms with E-state index in [1.165, 1.54) is 109 Å². The molecule has 0 radical (unpaired) electrons. The summed E-state index contributed by atoms with van der Waals surface area (Å²) in [5.74, 6) is -0.958. The van der Waals surface area contributed by atoms with E-state index >= 15 is 0 Å². The Labute approximate surface area is 487 Å². The third-order valence-corrected chi connectivity index (χ3v) is 13.6. The summed E-state index contributed by atoms with van der Waals surface area (Å²) in [6, 6.07) is 0. The minimum Gasteiger partial charge on any atom is -0.462 e. The van der Waals surface area contributed by atoms with Gasteiger partial charge in [0, 0.05) is 19.3 Å². The standard InChI is InChI=1S/C73H120O6/c1-4-7-10-13-16-19-22-25-26-27-28-29-30-31-32-33-34-35-36-37-38-39-40-41-42-43-44-45-46-49-51-54-57-60-63-66-72(75)78-69-70(79-73(76)67-64-61-58-55-52-48-24-21-18-15-12-9-6-3)68-77-71(74)65-62-59-56-53-50-47-23-20-17-14-11-8-5-2/h7-12,16-21,25-26,28-29,31-32,47-48,50,52,70H,4-6,13-15,22-24,27,30,33-46,49,51,53-69H2,1-3H3/b10-7-,11-8-,12-9-,19-16-,20-17-,21-18-,26-25-,29-28-,32-31-,50-47-,52-48-. The Hall–Kier alpha value is -4.45. The molecule has 1 unspecified atom stereocenters. The fraction of sp³-hybridized carbons (Fsp3) is 0.658. The van der Waals surface area contributed by atoms with E-state index in [1.54, 1.807) is 0 Å². The lowest BCUT2D eigenvalue weighted by atomic mass is 10.0. The highest BCUT2D eigenvalue weighted by molar-refractivity contribution is 5.71. The van der Waals surface area contributed by atoms with E-state index in [1.807, 2.05) is 0 Å². The summed E-state index contributed by atoms with van der Waals surface area (Å²) in [7, 11) is 0. The Balaban J connectivity index is 4.12. The molecule has 0 saturated carbocycles. The van der Waals surface area contributed by atoms with Crippen LogP contribution in [0.3, 0.4) is 0 Å². The summed E-state index contributed by atoms with van der Waals surface area (Å²) in [5.41, 5.74) is 0. The molecule has 0 bridgehead atoms. The second-order valence-electron chi connectivity index (χ2n) is 21.2. The lowest BCUT2D eigenvalue weighted by Gasteiger charge is -2.18. The Morgan fingerprint density at radius 2 is 0.456 bits per heavy atom. The third-order valence-electron chi connectivity index (χ3n) is 13.6. The van der Waals surface area contributed by atoms with Gasteiger partial charge in [-0.3, -0.25) is 14.4 Å². The van der Waals surface area contributed by atoms with E-state index in [2.05, 4.69) is 154 Å². The lowest BCUT2D eigenvalue weighted by Crippen LogP contribution is -2.30. The minimum absolute atomic E-state index is 0.0999. The zero-order valence-corrected chi connectivity index (χ0v) is 51.3. The van der Waals surface area contributed by atoms with Gasteiger partial charge in [-0.05, 0) is 128 Å². The molecule has 0 spiro atoms. The fourth-order valence-electron chi connectivity index (χ4n) is 8.85. The first-order valence-corrected chi connectivity index (χ1v) is 32.7. The lowest BCUT2D eigenvalue weighted by molar-refractivity contribution is -0.167. The van der Waals surface area contributed by atoms with Gasteiger partial charge in [0.05, 0.1) is 0 Å². The van der Waals surface area contributed by atoms with Crippen molar-refractivity contribution in [2.45, 2.75) is 297 Å². The van der Waals surface area contributed by atoms with Crippen molar-refractivity contribution in [1.29, 1.82) is 0 Å². The molecule has 0 aliphatic rings. The predicted octanol–water partition coefficient (Wildman–Crippen LogP) is 22.5. The van der Waals surface area contributed by atoms with Crippen LogP contribution in [-0.2, 0) is 28.6 Å². The number of carbonyl (C=O) groups is 3. The number of hydrogen-bond donors (Lipinski definition) is 0. The summed E-state index contributed by atoms with van der Waals surface area (Å²) in [4.78, 5) is 38.2. The topological polar surface area (TPSA) is 78.9 Å². The molecule has 0 aromatic heterocycles. The third kappa shape index (κ3) is 64.3. The molecular weight excluding hydrogens is 973 g/mol. The van der Waals surface area contributed by atoms with E-state index in [-0.39, 0.29) is 37.5 Å². The van der Waals surface area contributed by atoms with Crippen molar-refractivity contribution in [2.24, 2.45) is 0 Å².